The van der Waals surface area contributed by atoms with E-state index < -0.39 is 20.6 Å². The molecular formula is C22H25N3O5S. The maximum atomic E-state index is 12.1. The smallest absolute Gasteiger partial charge is 0.354 e. The number of carboxylic acids is 1. The first-order valence-corrected chi connectivity index (χ1v) is 12.0. The molecule has 3 aromatic rings. The summed E-state index contributed by atoms with van der Waals surface area (Å²) in [4.78, 5) is 16.1. The molecule has 0 aliphatic heterocycles. The lowest BCUT2D eigenvalue weighted by Crippen LogP contribution is -2.37. The molecule has 9 heteroatoms. The molecule has 164 valence electrons. The molecule has 0 bridgehead atoms. The summed E-state index contributed by atoms with van der Waals surface area (Å²) in [5.74, 6) is -0.668. The van der Waals surface area contributed by atoms with E-state index in [9.17, 15) is 18.3 Å². The van der Waals surface area contributed by atoms with Gasteiger partial charge in [-0.2, -0.15) is 5.10 Å². The molecular weight excluding hydrogens is 418 g/mol. The number of nitrogens with zero attached hydrogens (tertiary/aromatic N) is 3. The van der Waals surface area contributed by atoms with Crippen LogP contribution in [0, 0.1) is 0 Å². The van der Waals surface area contributed by atoms with E-state index in [4.69, 9.17) is 9.84 Å². The number of hydrogen-bond acceptors (Lipinski definition) is 6. The zero-order valence-corrected chi connectivity index (χ0v) is 18.5. The van der Waals surface area contributed by atoms with Crippen LogP contribution in [0.25, 0.3) is 16.7 Å². The fourth-order valence-corrected chi connectivity index (χ4v) is 3.68. The topological polar surface area (TPSA) is 111 Å². The molecule has 8 nitrogen and oxygen atoms in total. The van der Waals surface area contributed by atoms with E-state index in [1.54, 1.807) is 18.5 Å². The zero-order valence-electron chi connectivity index (χ0n) is 17.7. The van der Waals surface area contributed by atoms with E-state index in [1.807, 2.05) is 30.3 Å². The average Bonchev–Trinajstić information content (AvgIpc) is 3.04. The molecule has 1 aliphatic rings. The molecule has 2 heterocycles. The van der Waals surface area contributed by atoms with E-state index >= 15 is 0 Å². The van der Waals surface area contributed by atoms with Crippen molar-refractivity contribution in [3.8, 4) is 11.4 Å². The fraction of sp³-hybridized carbons (Fsp3) is 0.409. The highest BCUT2D eigenvalue weighted by atomic mass is 32.2. The van der Waals surface area contributed by atoms with Gasteiger partial charge in [0.15, 0.2) is 21.2 Å². The molecule has 2 aromatic heterocycles. The molecule has 0 unspecified atom stereocenters. The molecule has 0 spiro atoms. The van der Waals surface area contributed by atoms with Crippen LogP contribution in [0.2, 0.25) is 0 Å². The molecule has 1 N–H and O–H groups in total. The number of benzene rings is 1. The molecule has 1 aliphatic carbocycles. The summed E-state index contributed by atoms with van der Waals surface area (Å²) in [5, 5.41) is 15.1. The van der Waals surface area contributed by atoms with Crippen LogP contribution in [-0.4, -0.2) is 51.9 Å². The van der Waals surface area contributed by atoms with Crippen LogP contribution < -0.4 is 4.74 Å². The van der Waals surface area contributed by atoms with Crippen molar-refractivity contribution in [1.82, 2.24) is 14.8 Å². The van der Waals surface area contributed by atoms with Crippen molar-refractivity contribution in [3.63, 3.8) is 0 Å². The van der Waals surface area contributed by atoms with Crippen LogP contribution in [0.15, 0.2) is 36.4 Å². The number of carboxylic acid groups (broad SMARTS) is 1. The highest BCUT2D eigenvalue weighted by Crippen LogP contribution is 2.42. The second kappa shape index (κ2) is 7.64. The number of hydrogen-bond donors (Lipinski definition) is 1. The van der Waals surface area contributed by atoms with Gasteiger partial charge in [-0.05, 0) is 38.8 Å². The van der Waals surface area contributed by atoms with Crippen molar-refractivity contribution >= 4 is 26.8 Å². The van der Waals surface area contributed by atoms with Gasteiger partial charge >= 0.3 is 5.97 Å². The van der Waals surface area contributed by atoms with Gasteiger partial charge in [0.2, 0.25) is 0 Å². The summed E-state index contributed by atoms with van der Waals surface area (Å²) in [6.45, 7) is 3.04. The lowest BCUT2D eigenvalue weighted by molar-refractivity contribution is 0.0690. The summed E-state index contributed by atoms with van der Waals surface area (Å²) < 4.78 is 30.7. The monoisotopic (exact) mass is 443 g/mol. The number of fused-ring (bicyclic) bond motifs is 1. The minimum Gasteiger partial charge on any atom is -0.491 e. The van der Waals surface area contributed by atoms with Crippen LogP contribution in [-0.2, 0) is 9.84 Å². The molecule has 0 saturated heterocycles. The first kappa shape index (κ1) is 21.3. The minimum absolute atomic E-state index is 0.120. The van der Waals surface area contributed by atoms with E-state index in [0.717, 1.165) is 36.9 Å². The van der Waals surface area contributed by atoms with E-state index in [2.05, 4.69) is 4.98 Å². The number of para-hydroxylation sites is 1. The van der Waals surface area contributed by atoms with Crippen LogP contribution in [0.4, 0.5) is 0 Å². The third-order valence-corrected chi connectivity index (χ3v) is 8.04. The number of aromatic nitrogens is 3. The third-order valence-electron chi connectivity index (χ3n) is 5.92. The van der Waals surface area contributed by atoms with Crippen LogP contribution in [0.5, 0.6) is 5.75 Å². The number of sulfone groups is 1. The van der Waals surface area contributed by atoms with Gasteiger partial charge in [-0.15, -0.1) is 0 Å². The second-order valence-corrected chi connectivity index (χ2v) is 11.2. The van der Waals surface area contributed by atoms with Crippen molar-refractivity contribution in [2.24, 2.45) is 0 Å². The first-order valence-electron chi connectivity index (χ1n) is 10.1. The standard InChI is InChI=1S/C22H25N3O5S/c1-22(2,31(3,28)29)13-30-17-12-16(21(26)27)23-20-18(17)19(14-8-7-9-14)24-25(20)15-10-5-4-6-11-15/h4-6,10-12,14H,7-9,13H2,1-3H3,(H,26,27). The Bertz CT molecular complexity index is 1250. The minimum atomic E-state index is -3.39. The Morgan fingerprint density at radius 3 is 2.48 bits per heavy atom. The van der Waals surface area contributed by atoms with E-state index in [1.165, 1.54) is 6.07 Å². The van der Waals surface area contributed by atoms with Gasteiger partial charge in [0.05, 0.1) is 16.8 Å². The SMILES string of the molecule is CC(C)(COc1cc(C(=O)O)nc2c1c(C1CCC1)nn2-c1ccccc1)S(C)(=O)=O. The summed E-state index contributed by atoms with van der Waals surface area (Å²) >= 11 is 0. The zero-order chi connectivity index (χ0) is 22.4. The lowest BCUT2D eigenvalue weighted by Gasteiger charge is -2.25. The van der Waals surface area contributed by atoms with Gasteiger partial charge in [-0.25, -0.2) is 22.9 Å². The normalized spacial score (nSPS) is 15.1. The van der Waals surface area contributed by atoms with Gasteiger partial charge in [0.1, 0.15) is 17.1 Å². The summed E-state index contributed by atoms with van der Waals surface area (Å²) in [6.07, 6.45) is 4.22. The molecule has 0 atom stereocenters. The lowest BCUT2D eigenvalue weighted by atomic mass is 9.82. The maximum Gasteiger partial charge on any atom is 0.354 e. The molecule has 31 heavy (non-hydrogen) atoms. The largest absolute Gasteiger partial charge is 0.491 e. The Kier molecular flexibility index (Phi) is 5.25. The van der Waals surface area contributed by atoms with Crippen molar-refractivity contribution in [1.29, 1.82) is 0 Å². The maximum absolute atomic E-state index is 12.1. The van der Waals surface area contributed by atoms with Crippen LogP contribution in [0.1, 0.15) is 55.2 Å². The molecule has 1 saturated carbocycles. The van der Waals surface area contributed by atoms with Crippen molar-refractivity contribution in [2.45, 2.75) is 43.8 Å². The fourth-order valence-electron chi connectivity index (χ4n) is 3.41. The van der Waals surface area contributed by atoms with Gasteiger partial charge in [-0.3, -0.25) is 0 Å². The van der Waals surface area contributed by atoms with Crippen LogP contribution in [0.3, 0.4) is 0 Å². The molecule has 4 rings (SSSR count). The highest BCUT2D eigenvalue weighted by molar-refractivity contribution is 7.92. The first-order chi connectivity index (χ1) is 14.6. The Labute approximate surface area is 180 Å². The number of aromatic carboxylic acids is 1. The van der Waals surface area contributed by atoms with Crippen LogP contribution >= 0.6 is 0 Å². The molecule has 0 amide bonds. The van der Waals surface area contributed by atoms with Gasteiger partial charge in [0, 0.05) is 18.2 Å². The van der Waals surface area contributed by atoms with E-state index in [-0.39, 0.29) is 18.2 Å². The predicted octanol–water partition coefficient (Wildman–Crippen LogP) is 3.59. The highest BCUT2D eigenvalue weighted by Gasteiger charge is 2.33. The predicted molar refractivity (Wildman–Crippen MR) is 117 cm³/mol. The van der Waals surface area contributed by atoms with Crippen molar-refractivity contribution < 1.29 is 23.1 Å². The average molecular weight is 444 g/mol. The van der Waals surface area contributed by atoms with Gasteiger partial charge in [0.25, 0.3) is 0 Å². The van der Waals surface area contributed by atoms with Gasteiger partial charge < -0.3 is 9.84 Å². The third kappa shape index (κ3) is 3.89. The molecule has 0 radical (unpaired) electrons. The molecule has 1 aromatic carbocycles. The quantitative estimate of drug-likeness (QED) is 0.594. The summed E-state index contributed by atoms with van der Waals surface area (Å²) in [7, 11) is -3.39. The Morgan fingerprint density at radius 2 is 1.94 bits per heavy atom. The summed E-state index contributed by atoms with van der Waals surface area (Å²) in [5.41, 5.74) is 1.77. The number of carbonyl (C=O) groups is 1. The molecule has 1 fully saturated rings. The Hall–Kier alpha value is -2.94. The number of pyridine rings is 1. The van der Waals surface area contributed by atoms with Crippen molar-refractivity contribution in [2.75, 3.05) is 12.9 Å². The van der Waals surface area contributed by atoms with E-state index in [0.29, 0.717) is 16.8 Å². The number of ether oxygens (including phenoxy) is 1. The Balaban J connectivity index is 1.92. The van der Waals surface area contributed by atoms with Gasteiger partial charge in [-0.1, -0.05) is 24.6 Å². The number of rotatable bonds is 7. The van der Waals surface area contributed by atoms with Crippen molar-refractivity contribution in [3.05, 3.63) is 47.8 Å². The summed E-state index contributed by atoms with van der Waals surface area (Å²) in [6, 6.07) is 10.7. The Morgan fingerprint density at radius 1 is 1.26 bits per heavy atom. The second-order valence-electron chi connectivity index (χ2n) is 8.59.